The molecule has 7 heteroatoms. The minimum Gasteiger partial charge on any atom is -0.320 e. The second kappa shape index (κ2) is 5.99. The first-order valence-electron chi connectivity index (χ1n) is 5.86. The number of hydrogen-bond acceptors (Lipinski definition) is 5. The van der Waals surface area contributed by atoms with Crippen LogP contribution in [0.1, 0.15) is 40.7 Å². The minimum absolute atomic E-state index is 0.101. The Morgan fingerprint density at radius 2 is 2.25 bits per heavy atom. The average Bonchev–Trinajstić information content (AvgIpc) is 2.88. The number of aromatic nitrogens is 2. The molecule has 102 valence electrons. The van der Waals surface area contributed by atoms with Crippen molar-refractivity contribution in [2.75, 3.05) is 5.32 Å². The number of amides is 1. The zero-order chi connectivity index (χ0) is 14.7. The van der Waals surface area contributed by atoms with Crippen LogP contribution in [0.2, 0.25) is 5.02 Å². The lowest BCUT2D eigenvalue weighted by molar-refractivity contribution is 0.102. The van der Waals surface area contributed by atoms with Crippen molar-refractivity contribution in [2.24, 2.45) is 0 Å². The maximum Gasteiger partial charge on any atom is 0.269 e. The highest BCUT2D eigenvalue weighted by Crippen LogP contribution is 2.24. The van der Waals surface area contributed by atoms with Crippen LogP contribution in [0.5, 0.6) is 0 Å². The van der Waals surface area contributed by atoms with Crippen molar-refractivity contribution in [3.05, 3.63) is 39.4 Å². The van der Waals surface area contributed by atoms with Crippen molar-refractivity contribution >= 4 is 34.7 Å². The molecule has 1 N–H and O–H groups in total. The maximum absolute atomic E-state index is 12.2. The number of rotatable bonds is 3. The van der Waals surface area contributed by atoms with Crippen LogP contribution in [0.3, 0.4) is 0 Å². The summed E-state index contributed by atoms with van der Waals surface area (Å²) in [5, 5.41) is 16.1. The molecule has 1 amide bonds. The summed E-state index contributed by atoms with van der Waals surface area (Å²) >= 11 is 6.91. The fraction of sp³-hybridized carbons (Fsp3) is 0.231. The highest BCUT2D eigenvalue weighted by atomic mass is 35.5. The quantitative estimate of drug-likeness (QED) is 0.942. The van der Waals surface area contributed by atoms with Gasteiger partial charge in [-0.05, 0) is 35.6 Å². The molecule has 0 fully saturated rings. The van der Waals surface area contributed by atoms with Crippen molar-refractivity contribution < 1.29 is 4.79 Å². The predicted molar refractivity (Wildman–Crippen MR) is 78.1 cm³/mol. The van der Waals surface area contributed by atoms with E-state index in [2.05, 4.69) is 14.9 Å². The van der Waals surface area contributed by atoms with Gasteiger partial charge in [0.2, 0.25) is 0 Å². The largest absolute Gasteiger partial charge is 0.320 e. The molecule has 1 heterocycles. The predicted octanol–water partition coefficient (Wildman–Crippen LogP) is 3.44. The van der Waals surface area contributed by atoms with Crippen LogP contribution in [0.15, 0.2) is 18.2 Å². The molecule has 5 nitrogen and oxygen atoms in total. The lowest BCUT2D eigenvalue weighted by Crippen LogP contribution is -2.14. The summed E-state index contributed by atoms with van der Waals surface area (Å²) in [5.74, 6) is -0.230. The number of halogens is 1. The fourth-order valence-corrected chi connectivity index (χ4v) is 2.52. The molecule has 0 radical (unpaired) electrons. The van der Waals surface area contributed by atoms with E-state index in [9.17, 15) is 4.79 Å². The summed E-state index contributed by atoms with van der Waals surface area (Å²) in [4.78, 5) is 12.7. The Bertz CT molecular complexity index is 690. The van der Waals surface area contributed by atoms with Crippen molar-refractivity contribution in [3.8, 4) is 6.07 Å². The molecule has 0 saturated heterocycles. The minimum atomic E-state index is -0.331. The lowest BCUT2D eigenvalue weighted by Gasteiger charge is -2.08. The number of carbonyl (C=O) groups is 1. The SMILES string of the molecule is CC(C)c1nnsc1C(=O)Nc1cc(Cl)ccc1C#N. The second-order valence-corrected chi connectivity index (χ2v) is 5.59. The van der Waals surface area contributed by atoms with E-state index in [1.807, 2.05) is 19.9 Å². The monoisotopic (exact) mass is 306 g/mol. The molecule has 1 aromatic heterocycles. The van der Waals surface area contributed by atoms with E-state index >= 15 is 0 Å². The van der Waals surface area contributed by atoms with Gasteiger partial charge < -0.3 is 5.32 Å². The molecule has 1 aromatic carbocycles. The Balaban J connectivity index is 2.31. The van der Waals surface area contributed by atoms with Crippen molar-refractivity contribution in [2.45, 2.75) is 19.8 Å². The van der Waals surface area contributed by atoms with Crippen LogP contribution < -0.4 is 5.32 Å². The van der Waals surface area contributed by atoms with Gasteiger partial charge in [0.15, 0.2) is 0 Å². The van der Waals surface area contributed by atoms with Crippen molar-refractivity contribution in [3.63, 3.8) is 0 Å². The van der Waals surface area contributed by atoms with Gasteiger partial charge in [-0.15, -0.1) is 5.10 Å². The van der Waals surface area contributed by atoms with Crippen LogP contribution in [-0.2, 0) is 0 Å². The highest BCUT2D eigenvalue weighted by molar-refractivity contribution is 7.08. The molecule has 20 heavy (non-hydrogen) atoms. The number of hydrogen-bond donors (Lipinski definition) is 1. The standard InChI is InChI=1S/C13H11ClN4OS/c1-7(2)11-12(20-18-17-11)13(19)16-10-5-9(14)4-3-8(10)6-15/h3-5,7H,1-2H3,(H,16,19). The van der Waals surface area contributed by atoms with Gasteiger partial charge in [-0.1, -0.05) is 29.9 Å². The third kappa shape index (κ3) is 2.95. The van der Waals surface area contributed by atoms with E-state index in [4.69, 9.17) is 16.9 Å². The van der Waals surface area contributed by atoms with E-state index in [1.54, 1.807) is 18.2 Å². The summed E-state index contributed by atoms with van der Waals surface area (Å²) in [7, 11) is 0. The second-order valence-electron chi connectivity index (χ2n) is 4.40. The Kier molecular flexibility index (Phi) is 4.32. The number of benzene rings is 1. The first-order valence-corrected chi connectivity index (χ1v) is 7.01. The van der Waals surface area contributed by atoms with Crippen LogP contribution in [0, 0.1) is 11.3 Å². The van der Waals surface area contributed by atoms with Crippen molar-refractivity contribution in [1.29, 1.82) is 5.26 Å². The van der Waals surface area contributed by atoms with Gasteiger partial charge in [0.25, 0.3) is 5.91 Å². The van der Waals surface area contributed by atoms with E-state index in [0.29, 0.717) is 26.8 Å². The zero-order valence-electron chi connectivity index (χ0n) is 10.8. The van der Waals surface area contributed by atoms with Gasteiger partial charge >= 0.3 is 0 Å². The lowest BCUT2D eigenvalue weighted by atomic mass is 10.1. The zero-order valence-corrected chi connectivity index (χ0v) is 12.4. The van der Waals surface area contributed by atoms with Gasteiger partial charge in [-0.2, -0.15) is 5.26 Å². The van der Waals surface area contributed by atoms with E-state index < -0.39 is 0 Å². The van der Waals surface area contributed by atoms with Crippen LogP contribution in [0.25, 0.3) is 0 Å². The third-order valence-corrected chi connectivity index (χ3v) is 3.59. The van der Waals surface area contributed by atoms with Gasteiger partial charge in [0, 0.05) is 5.02 Å². The normalized spacial score (nSPS) is 10.3. The molecular formula is C13H11ClN4OS. The number of anilines is 1. The first-order chi connectivity index (χ1) is 9.52. The number of carbonyl (C=O) groups excluding carboxylic acids is 1. The average molecular weight is 307 g/mol. The van der Waals surface area contributed by atoms with Gasteiger partial charge in [0.1, 0.15) is 10.9 Å². The molecule has 0 aliphatic rings. The number of nitrogens with zero attached hydrogens (tertiary/aromatic N) is 3. The molecule has 2 aromatic rings. The van der Waals surface area contributed by atoms with Crippen LogP contribution in [0.4, 0.5) is 5.69 Å². The van der Waals surface area contributed by atoms with E-state index in [-0.39, 0.29) is 11.8 Å². The molecule has 0 aliphatic heterocycles. The van der Waals surface area contributed by atoms with Crippen LogP contribution >= 0.6 is 23.1 Å². The molecule has 0 saturated carbocycles. The smallest absolute Gasteiger partial charge is 0.269 e. The summed E-state index contributed by atoms with van der Waals surface area (Å²) in [6, 6.07) is 6.72. The Hall–Kier alpha value is -1.97. The highest BCUT2D eigenvalue weighted by Gasteiger charge is 2.19. The molecule has 0 spiro atoms. The van der Waals surface area contributed by atoms with E-state index in [1.165, 1.54) is 0 Å². The molecule has 0 aliphatic carbocycles. The molecule has 2 rings (SSSR count). The molecule has 0 unspecified atom stereocenters. The number of nitrogens with one attached hydrogen (secondary N) is 1. The molecule has 0 atom stereocenters. The number of nitriles is 1. The van der Waals surface area contributed by atoms with Gasteiger partial charge in [-0.3, -0.25) is 4.79 Å². The Labute approximate surface area is 125 Å². The summed E-state index contributed by atoms with van der Waals surface area (Å²) in [5.41, 5.74) is 1.38. The van der Waals surface area contributed by atoms with E-state index in [0.717, 1.165) is 11.5 Å². The summed E-state index contributed by atoms with van der Waals surface area (Å²) < 4.78 is 3.81. The van der Waals surface area contributed by atoms with Crippen molar-refractivity contribution in [1.82, 2.24) is 9.59 Å². The summed E-state index contributed by atoms with van der Waals surface area (Å²) in [6.07, 6.45) is 0. The fourth-order valence-electron chi connectivity index (χ4n) is 1.63. The van der Waals surface area contributed by atoms with Gasteiger partial charge in [0.05, 0.1) is 16.9 Å². The summed E-state index contributed by atoms with van der Waals surface area (Å²) in [6.45, 7) is 3.88. The Morgan fingerprint density at radius 3 is 2.90 bits per heavy atom. The topological polar surface area (TPSA) is 78.7 Å². The van der Waals surface area contributed by atoms with Gasteiger partial charge in [-0.25, -0.2) is 0 Å². The molecular weight excluding hydrogens is 296 g/mol. The third-order valence-electron chi connectivity index (χ3n) is 2.62. The van der Waals surface area contributed by atoms with Crippen LogP contribution in [-0.4, -0.2) is 15.5 Å². The Morgan fingerprint density at radius 1 is 1.50 bits per heavy atom. The first kappa shape index (κ1) is 14.4. The maximum atomic E-state index is 12.2. The molecule has 0 bridgehead atoms.